The highest BCUT2D eigenvalue weighted by Crippen LogP contribution is 2.59. The molecule has 2 N–H and O–H groups in total. The van der Waals surface area contributed by atoms with Gasteiger partial charge in [-0.25, -0.2) is 0 Å². The summed E-state index contributed by atoms with van der Waals surface area (Å²) in [4.78, 5) is 0. The van der Waals surface area contributed by atoms with E-state index in [0.717, 1.165) is 30.8 Å². The number of nitrogens with one attached hydrogen (secondary N) is 1. The lowest BCUT2D eigenvalue weighted by molar-refractivity contribution is -0.0534. The highest BCUT2D eigenvalue weighted by atomic mass is 16.3. The zero-order valence-electron chi connectivity index (χ0n) is 11.3. The average Bonchev–Trinajstić information content (AvgIpc) is 2.11. The van der Waals surface area contributed by atoms with Crippen molar-refractivity contribution >= 4 is 0 Å². The summed E-state index contributed by atoms with van der Waals surface area (Å²) in [6.07, 6.45) is 8.92. The van der Waals surface area contributed by atoms with E-state index in [0.29, 0.717) is 5.41 Å². The molecule has 0 aromatic heterocycles. The van der Waals surface area contributed by atoms with Crippen LogP contribution in [0, 0.1) is 23.2 Å². The van der Waals surface area contributed by atoms with E-state index in [1.165, 1.54) is 38.5 Å². The fourth-order valence-corrected chi connectivity index (χ4v) is 5.14. The molecule has 0 aromatic rings. The number of rotatable bonds is 4. The van der Waals surface area contributed by atoms with E-state index in [9.17, 15) is 5.11 Å². The van der Waals surface area contributed by atoms with Gasteiger partial charge in [-0.3, -0.25) is 0 Å². The fourth-order valence-electron chi connectivity index (χ4n) is 5.14. The highest BCUT2D eigenvalue weighted by Gasteiger charge is 2.50. The molecule has 0 heterocycles. The number of aliphatic hydroxyl groups is 1. The molecule has 17 heavy (non-hydrogen) atoms. The molecule has 0 aliphatic heterocycles. The summed E-state index contributed by atoms with van der Waals surface area (Å²) in [7, 11) is 0. The Morgan fingerprint density at radius 1 is 1.06 bits per heavy atom. The summed E-state index contributed by atoms with van der Waals surface area (Å²) >= 11 is 0. The molecule has 0 atom stereocenters. The van der Waals surface area contributed by atoms with Crippen molar-refractivity contribution < 1.29 is 5.11 Å². The molecular formula is C15H27NO. The zero-order chi connectivity index (χ0) is 12.1. The first-order chi connectivity index (χ1) is 7.94. The lowest BCUT2D eigenvalue weighted by Crippen LogP contribution is -2.51. The summed E-state index contributed by atoms with van der Waals surface area (Å²) < 4.78 is 0. The lowest BCUT2D eigenvalue weighted by atomic mass is 9.49. The van der Waals surface area contributed by atoms with Gasteiger partial charge < -0.3 is 10.4 Å². The van der Waals surface area contributed by atoms with Gasteiger partial charge in [-0.05, 0) is 75.5 Å². The monoisotopic (exact) mass is 237 g/mol. The summed E-state index contributed by atoms with van der Waals surface area (Å²) in [5.74, 6) is 3.10. The molecule has 4 aliphatic rings. The van der Waals surface area contributed by atoms with Crippen LogP contribution >= 0.6 is 0 Å². The van der Waals surface area contributed by atoms with Crippen LogP contribution in [0.2, 0.25) is 0 Å². The van der Waals surface area contributed by atoms with E-state index >= 15 is 0 Å². The van der Waals surface area contributed by atoms with Crippen molar-refractivity contribution in [2.75, 3.05) is 13.1 Å². The molecule has 4 saturated carbocycles. The molecule has 0 aromatic carbocycles. The fraction of sp³-hybridized carbons (Fsp3) is 1.00. The van der Waals surface area contributed by atoms with Crippen LogP contribution in [0.1, 0.15) is 52.4 Å². The van der Waals surface area contributed by atoms with E-state index in [4.69, 9.17) is 0 Å². The Kier molecular flexibility index (Phi) is 2.79. The topological polar surface area (TPSA) is 32.3 Å². The van der Waals surface area contributed by atoms with E-state index in [1.54, 1.807) is 0 Å². The van der Waals surface area contributed by atoms with Crippen molar-refractivity contribution in [1.82, 2.24) is 5.32 Å². The van der Waals surface area contributed by atoms with Crippen molar-refractivity contribution in [3.63, 3.8) is 0 Å². The Hall–Kier alpha value is -0.0800. The van der Waals surface area contributed by atoms with Gasteiger partial charge in [0.15, 0.2) is 0 Å². The molecule has 0 spiro atoms. The molecule has 0 unspecified atom stereocenters. The normalized spacial score (nSPS) is 44.3. The van der Waals surface area contributed by atoms with Crippen LogP contribution in [0.3, 0.4) is 0 Å². The first kappa shape index (κ1) is 12.0. The first-order valence-electron chi connectivity index (χ1n) is 7.37. The third kappa shape index (κ3) is 2.53. The van der Waals surface area contributed by atoms with Crippen LogP contribution in [0.25, 0.3) is 0 Å². The highest BCUT2D eigenvalue weighted by molar-refractivity contribution is 5.02. The molecule has 0 radical (unpaired) electrons. The molecule has 0 saturated heterocycles. The van der Waals surface area contributed by atoms with E-state index in [1.807, 2.05) is 13.8 Å². The van der Waals surface area contributed by atoms with Gasteiger partial charge in [0.1, 0.15) is 0 Å². The minimum absolute atomic E-state index is 0.567. The molecule has 0 amide bonds. The standard InChI is InChI=1S/C15H27NO/c1-14(2,17)9-16-10-15-6-11-3-12(7-15)5-13(4-11)8-15/h11-13,16-17H,3-10H2,1-2H3. The van der Waals surface area contributed by atoms with Crippen LogP contribution in [0.15, 0.2) is 0 Å². The second-order valence-corrected chi connectivity index (χ2v) is 7.83. The van der Waals surface area contributed by atoms with E-state index in [2.05, 4.69) is 5.32 Å². The Balaban J connectivity index is 1.59. The summed E-state index contributed by atoms with van der Waals surface area (Å²) in [5.41, 5.74) is 0.0301. The lowest BCUT2D eigenvalue weighted by Gasteiger charge is -2.57. The van der Waals surface area contributed by atoms with Crippen LogP contribution < -0.4 is 5.32 Å². The molecule has 4 rings (SSSR count). The minimum atomic E-state index is -0.567. The number of hydrogen-bond donors (Lipinski definition) is 2. The predicted octanol–water partition coefficient (Wildman–Crippen LogP) is 2.56. The molecular weight excluding hydrogens is 210 g/mol. The van der Waals surface area contributed by atoms with Gasteiger partial charge in [0.25, 0.3) is 0 Å². The van der Waals surface area contributed by atoms with Crippen molar-refractivity contribution in [1.29, 1.82) is 0 Å². The van der Waals surface area contributed by atoms with E-state index < -0.39 is 5.60 Å². The summed E-state index contributed by atoms with van der Waals surface area (Å²) in [5, 5.41) is 13.3. The zero-order valence-corrected chi connectivity index (χ0v) is 11.3. The van der Waals surface area contributed by atoms with Gasteiger partial charge >= 0.3 is 0 Å². The van der Waals surface area contributed by atoms with Crippen LogP contribution in [-0.2, 0) is 0 Å². The van der Waals surface area contributed by atoms with Gasteiger partial charge in [-0.1, -0.05) is 0 Å². The van der Waals surface area contributed by atoms with Crippen molar-refractivity contribution in [2.45, 2.75) is 58.0 Å². The van der Waals surface area contributed by atoms with E-state index in [-0.39, 0.29) is 0 Å². The second-order valence-electron chi connectivity index (χ2n) is 7.83. The van der Waals surface area contributed by atoms with Gasteiger partial charge in [0.2, 0.25) is 0 Å². The minimum Gasteiger partial charge on any atom is -0.389 e. The first-order valence-corrected chi connectivity index (χ1v) is 7.37. The maximum absolute atomic E-state index is 9.77. The van der Waals surface area contributed by atoms with Crippen LogP contribution in [0.4, 0.5) is 0 Å². The van der Waals surface area contributed by atoms with Gasteiger partial charge in [0.05, 0.1) is 5.60 Å². The molecule has 4 fully saturated rings. The Labute approximate surface area is 105 Å². The maximum Gasteiger partial charge on any atom is 0.0715 e. The van der Waals surface area contributed by atoms with Gasteiger partial charge in [-0.2, -0.15) is 0 Å². The predicted molar refractivity (Wildman–Crippen MR) is 69.8 cm³/mol. The third-order valence-electron chi connectivity index (χ3n) is 5.22. The third-order valence-corrected chi connectivity index (χ3v) is 5.22. The number of hydrogen-bond acceptors (Lipinski definition) is 2. The van der Waals surface area contributed by atoms with Crippen molar-refractivity contribution in [3.05, 3.63) is 0 Å². The molecule has 4 aliphatic carbocycles. The molecule has 4 bridgehead atoms. The smallest absolute Gasteiger partial charge is 0.0715 e. The van der Waals surface area contributed by atoms with Crippen molar-refractivity contribution in [2.24, 2.45) is 23.2 Å². The largest absolute Gasteiger partial charge is 0.389 e. The maximum atomic E-state index is 9.77. The Bertz CT molecular complexity index is 257. The average molecular weight is 237 g/mol. The van der Waals surface area contributed by atoms with Crippen molar-refractivity contribution in [3.8, 4) is 0 Å². The Morgan fingerprint density at radius 2 is 1.53 bits per heavy atom. The summed E-state index contributed by atoms with van der Waals surface area (Å²) in [6, 6.07) is 0. The van der Waals surface area contributed by atoms with Crippen LogP contribution in [0.5, 0.6) is 0 Å². The molecule has 98 valence electrons. The Morgan fingerprint density at radius 3 is 1.94 bits per heavy atom. The summed E-state index contributed by atoms with van der Waals surface area (Å²) in [6.45, 7) is 5.65. The van der Waals surface area contributed by atoms with Crippen LogP contribution in [-0.4, -0.2) is 23.8 Å². The molecule has 2 nitrogen and oxygen atoms in total. The second kappa shape index (κ2) is 3.96. The SMILES string of the molecule is CC(C)(O)CNCC12CC3CC(CC(C3)C1)C2. The van der Waals surface area contributed by atoms with Gasteiger partial charge in [-0.15, -0.1) is 0 Å². The molecule has 2 heteroatoms. The van der Waals surface area contributed by atoms with Gasteiger partial charge in [0, 0.05) is 13.1 Å². The quantitative estimate of drug-likeness (QED) is 0.787.